The number of hydrogen-bond donors (Lipinski definition) is 1. The van der Waals surface area contributed by atoms with E-state index in [0.29, 0.717) is 11.3 Å². The Kier molecular flexibility index (Phi) is 3.92. The van der Waals surface area contributed by atoms with Gasteiger partial charge in [0.2, 0.25) is 5.91 Å². The summed E-state index contributed by atoms with van der Waals surface area (Å²) in [7, 11) is 3.44. The van der Waals surface area contributed by atoms with Gasteiger partial charge in [-0.1, -0.05) is 6.07 Å². The van der Waals surface area contributed by atoms with Crippen LogP contribution in [0.4, 0.5) is 5.69 Å². The highest BCUT2D eigenvalue weighted by atomic mass is 16.2. The summed E-state index contributed by atoms with van der Waals surface area (Å²) < 4.78 is 3.15. The fraction of sp³-hybridized carbons (Fsp3) is 0.167. The zero-order chi connectivity index (χ0) is 17.3. The van der Waals surface area contributed by atoms with Crippen molar-refractivity contribution in [3.63, 3.8) is 0 Å². The molecule has 3 aromatic rings. The van der Waals surface area contributed by atoms with Crippen LogP contribution in [0.15, 0.2) is 47.3 Å². The number of benzene rings is 2. The Hall–Kier alpha value is -3.33. The molecule has 0 aliphatic rings. The molecule has 2 aromatic carbocycles. The molecule has 3 rings (SSSR count). The SMILES string of the molecule is Cn1c(=O)n(C)c2cc(CC(=O)Nc3ccc(C#N)cc3)ccc21. The zero-order valence-electron chi connectivity index (χ0n) is 13.4. The predicted molar refractivity (Wildman–Crippen MR) is 91.7 cm³/mol. The minimum absolute atomic E-state index is 0.0933. The first-order valence-corrected chi connectivity index (χ1v) is 7.44. The van der Waals surface area contributed by atoms with E-state index >= 15 is 0 Å². The van der Waals surface area contributed by atoms with Crippen molar-refractivity contribution in [2.45, 2.75) is 6.42 Å². The average molecular weight is 320 g/mol. The van der Waals surface area contributed by atoms with Crippen LogP contribution < -0.4 is 11.0 Å². The third kappa shape index (κ3) is 2.79. The smallest absolute Gasteiger partial charge is 0.326 e. The number of carbonyl (C=O) groups excluding carboxylic acids is 1. The first-order chi connectivity index (χ1) is 11.5. The van der Waals surface area contributed by atoms with Crippen molar-refractivity contribution in [3.05, 3.63) is 64.1 Å². The van der Waals surface area contributed by atoms with Crippen molar-refractivity contribution in [1.29, 1.82) is 5.26 Å². The molecule has 1 N–H and O–H groups in total. The standard InChI is InChI=1S/C18H16N4O2/c1-21-15-8-5-13(9-16(15)22(2)18(21)24)10-17(23)20-14-6-3-12(11-19)4-7-14/h3-9H,10H2,1-2H3,(H,20,23). The van der Waals surface area contributed by atoms with Crippen LogP contribution in [-0.4, -0.2) is 15.0 Å². The first-order valence-electron chi connectivity index (χ1n) is 7.44. The fourth-order valence-electron chi connectivity index (χ4n) is 2.68. The number of nitrogens with one attached hydrogen (secondary N) is 1. The van der Waals surface area contributed by atoms with Gasteiger partial charge in [0.1, 0.15) is 0 Å². The van der Waals surface area contributed by atoms with Gasteiger partial charge in [0.25, 0.3) is 0 Å². The lowest BCUT2D eigenvalue weighted by Gasteiger charge is -2.06. The molecule has 0 aliphatic heterocycles. The van der Waals surface area contributed by atoms with Crippen molar-refractivity contribution in [2.24, 2.45) is 14.1 Å². The van der Waals surface area contributed by atoms with E-state index in [9.17, 15) is 9.59 Å². The van der Waals surface area contributed by atoms with Crippen LogP contribution in [0, 0.1) is 11.3 Å². The van der Waals surface area contributed by atoms with E-state index in [0.717, 1.165) is 16.6 Å². The Morgan fingerprint density at radius 3 is 2.42 bits per heavy atom. The largest absolute Gasteiger partial charge is 0.328 e. The number of amides is 1. The van der Waals surface area contributed by atoms with Gasteiger partial charge in [-0.15, -0.1) is 0 Å². The number of aryl methyl sites for hydroxylation is 2. The second kappa shape index (κ2) is 6.05. The molecule has 1 aromatic heterocycles. The Bertz CT molecular complexity index is 1020. The van der Waals surface area contributed by atoms with Gasteiger partial charge in [-0.25, -0.2) is 4.79 Å². The van der Waals surface area contributed by atoms with E-state index < -0.39 is 0 Å². The van der Waals surface area contributed by atoms with Gasteiger partial charge in [0.05, 0.1) is 29.1 Å². The molecule has 24 heavy (non-hydrogen) atoms. The minimum atomic E-state index is -0.153. The molecule has 0 fully saturated rings. The van der Waals surface area contributed by atoms with Gasteiger partial charge in [-0.2, -0.15) is 5.26 Å². The van der Waals surface area contributed by atoms with Crippen molar-refractivity contribution < 1.29 is 4.79 Å². The molecule has 120 valence electrons. The minimum Gasteiger partial charge on any atom is -0.326 e. The van der Waals surface area contributed by atoms with Gasteiger partial charge in [-0.05, 0) is 42.0 Å². The summed E-state index contributed by atoms with van der Waals surface area (Å²) in [5, 5.41) is 11.6. The van der Waals surface area contributed by atoms with E-state index in [1.165, 1.54) is 0 Å². The van der Waals surface area contributed by atoms with Crippen LogP contribution in [0.2, 0.25) is 0 Å². The number of nitrogens with zero attached hydrogens (tertiary/aromatic N) is 3. The Morgan fingerprint density at radius 2 is 1.75 bits per heavy atom. The zero-order valence-corrected chi connectivity index (χ0v) is 13.4. The quantitative estimate of drug-likeness (QED) is 0.801. The highest BCUT2D eigenvalue weighted by molar-refractivity contribution is 5.93. The van der Waals surface area contributed by atoms with Crippen molar-refractivity contribution in [3.8, 4) is 6.07 Å². The number of carbonyl (C=O) groups is 1. The number of fused-ring (bicyclic) bond motifs is 1. The lowest BCUT2D eigenvalue weighted by molar-refractivity contribution is -0.115. The molecule has 0 saturated carbocycles. The van der Waals surface area contributed by atoms with Crippen molar-refractivity contribution >= 4 is 22.6 Å². The van der Waals surface area contributed by atoms with Crippen molar-refractivity contribution in [2.75, 3.05) is 5.32 Å². The summed E-state index contributed by atoms with van der Waals surface area (Å²) in [6, 6.07) is 14.3. The number of rotatable bonds is 3. The molecule has 0 saturated heterocycles. The highest BCUT2D eigenvalue weighted by Crippen LogP contribution is 2.15. The third-order valence-electron chi connectivity index (χ3n) is 4.00. The molecule has 0 radical (unpaired) electrons. The van der Waals surface area contributed by atoms with Crippen LogP contribution >= 0.6 is 0 Å². The normalized spacial score (nSPS) is 10.5. The van der Waals surface area contributed by atoms with Gasteiger partial charge in [-0.3, -0.25) is 13.9 Å². The van der Waals surface area contributed by atoms with E-state index in [1.807, 2.05) is 24.3 Å². The van der Waals surface area contributed by atoms with Gasteiger partial charge in [0.15, 0.2) is 0 Å². The molecule has 0 unspecified atom stereocenters. The average Bonchev–Trinajstić information content (AvgIpc) is 2.80. The van der Waals surface area contributed by atoms with Crippen molar-refractivity contribution in [1.82, 2.24) is 9.13 Å². The van der Waals surface area contributed by atoms with Crippen LogP contribution in [0.3, 0.4) is 0 Å². The fourth-order valence-corrected chi connectivity index (χ4v) is 2.68. The van der Waals surface area contributed by atoms with Crippen LogP contribution in [-0.2, 0) is 25.3 Å². The molecule has 6 nitrogen and oxygen atoms in total. The molecule has 0 aliphatic carbocycles. The van der Waals surface area contributed by atoms with Gasteiger partial charge in [0, 0.05) is 19.8 Å². The number of imidazole rings is 1. The monoisotopic (exact) mass is 320 g/mol. The molecule has 6 heteroatoms. The van der Waals surface area contributed by atoms with Gasteiger partial charge < -0.3 is 5.32 Å². The summed E-state index contributed by atoms with van der Waals surface area (Å²) in [5.41, 5.74) is 3.56. The maximum Gasteiger partial charge on any atom is 0.328 e. The lowest BCUT2D eigenvalue weighted by Crippen LogP contribution is -2.19. The molecule has 1 heterocycles. The second-order valence-electron chi connectivity index (χ2n) is 5.64. The number of aromatic nitrogens is 2. The lowest BCUT2D eigenvalue weighted by atomic mass is 10.1. The summed E-state index contributed by atoms with van der Waals surface area (Å²) >= 11 is 0. The van der Waals surface area contributed by atoms with Crippen LogP contribution in [0.25, 0.3) is 11.0 Å². The topological polar surface area (TPSA) is 79.8 Å². The molecule has 0 bridgehead atoms. The molecule has 0 spiro atoms. The van der Waals surface area contributed by atoms with E-state index in [1.54, 1.807) is 47.5 Å². The van der Waals surface area contributed by atoms with Gasteiger partial charge >= 0.3 is 5.69 Å². The number of anilines is 1. The Balaban J connectivity index is 1.79. The maximum absolute atomic E-state index is 12.2. The summed E-state index contributed by atoms with van der Waals surface area (Å²) in [6.07, 6.45) is 0.207. The van der Waals surface area contributed by atoms with E-state index in [4.69, 9.17) is 5.26 Å². The van der Waals surface area contributed by atoms with E-state index in [2.05, 4.69) is 5.32 Å². The third-order valence-corrected chi connectivity index (χ3v) is 4.00. The Morgan fingerprint density at radius 1 is 1.08 bits per heavy atom. The van der Waals surface area contributed by atoms with Crippen LogP contribution in [0.1, 0.15) is 11.1 Å². The first kappa shape index (κ1) is 15.6. The van der Waals surface area contributed by atoms with Crippen LogP contribution in [0.5, 0.6) is 0 Å². The van der Waals surface area contributed by atoms with E-state index in [-0.39, 0.29) is 18.0 Å². The molecule has 1 amide bonds. The summed E-state index contributed by atoms with van der Waals surface area (Å²) in [5.74, 6) is -0.153. The number of nitriles is 1. The summed E-state index contributed by atoms with van der Waals surface area (Å²) in [6.45, 7) is 0. The maximum atomic E-state index is 12.2. The molecular weight excluding hydrogens is 304 g/mol. The highest BCUT2D eigenvalue weighted by Gasteiger charge is 2.10. The Labute approximate surface area is 138 Å². The summed E-state index contributed by atoms with van der Waals surface area (Å²) in [4.78, 5) is 24.1. The second-order valence-corrected chi connectivity index (χ2v) is 5.64. The predicted octanol–water partition coefficient (Wildman–Crippen LogP) is 1.93. The molecular formula is C18H16N4O2. The molecule has 0 atom stereocenters. The number of hydrogen-bond acceptors (Lipinski definition) is 3.